The standard InChI is InChI=1S/C10H6ClF3N2O2S/c11-19(17,18)9-4-5-15-16(9)8-3-1-2-7(6-8)10(12,13)14/h1-6H. The monoisotopic (exact) mass is 310 g/mol. The Balaban J connectivity index is 2.59. The molecule has 0 amide bonds. The van der Waals surface area contributed by atoms with Gasteiger partial charge >= 0.3 is 6.18 Å². The molecule has 2 aromatic rings. The minimum absolute atomic E-state index is 0.0425. The fourth-order valence-corrected chi connectivity index (χ4v) is 2.42. The van der Waals surface area contributed by atoms with Crippen molar-refractivity contribution in [3.05, 3.63) is 42.1 Å². The average molecular weight is 311 g/mol. The van der Waals surface area contributed by atoms with E-state index < -0.39 is 25.8 Å². The smallest absolute Gasteiger partial charge is 0.221 e. The lowest BCUT2D eigenvalue weighted by Crippen LogP contribution is -2.08. The normalized spacial score (nSPS) is 12.6. The molecule has 0 fully saturated rings. The van der Waals surface area contributed by atoms with Crippen molar-refractivity contribution in [2.75, 3.05) is 0 Å². The first-order valence-electron chi connectivity index (χ1n) is 4.86. The summed E-state index contributed by atoms with van der Waals surface area (Å²) in [5.41, 5.74) is -0.947. The van der Waals surface area contributed by atoms with Gasteiger partial charge in [0.05, 0.1) is 17.4 Å². The first-order valence-corrected chi connectivity index (χ1v) is 7.17. The van der Waals surface area contributed by atoms with Gasteiger partial charge in [-0.3, -0.25) is 0 Å². The van der Waals surface area contributed by atoms with Crippen LogP contribution < -0.4 is 0 Å². The number of hydrogen-bond donors (Lipinski definition) is 0. The van der Waals surface area contributed by atoms with Crippen molar-refractivity contribution >= 4 is 19.7 Å². The molecule has 4 nitrogen and oxygen atoms in total. The van der Waals surface area contributed by atoms with Gasteiger partial charge in [0.2, 0.25) is 0 Å². The highest BCUT2D eigenvalue weighted by Gasteiger charge is 2.31. The highest BCUT2D eigenvalue weighted by molar-refractivity contribution is 8.13. The molecule has 0 atom stereocenters. The molecule has 102 valence electrons. The molecule has 0 N–H and O–H groups in total. The van der Waals surface area contributed by atoms with E-state index >= 15 is 0 Å². The zero-order valence-electron chi connectivity index (χ0n) is 9.10. The minimum atomic E-state index is -4.52. The van der Waals surface area contributed by atoms with Crippen molar-refractivity contribution in [1.29, 1.82) is 0 Å². The zero-order valence-corrected chi connectivity index (χ0v) is 10.7. The lowest BCUT2D eigenvalue weighted by atomic mass is 10.2. The van der Waals surface area contributed by atoms with Crippen LogP contribution in [0.2, 0.25) is 0 Å². The van der Waals surface area contributed by atoms with Crippen molar-refractivity contribution in [2.24, 2.45) is 0 Å². The van der Waals surface area contributed by atoms with Gasteiger partial charge in [-0.05, 0) is 24.3 Å². The Kier molecular flexibility index (Phi) is 3.31. The van der Waals surface area contributed by atoms with E-state index in [1.807, 2.05) is 0 Å². The molecule has 0 saturated heterocycles. The van der Waals surface area contributed by atoms with Crippen molar-refractivity contribution in [3.8, 4) is 5.69 Å². The average Bonchev–Trinajstić information content (AvgIpc) is 2.76. The van der Waals surface area contributed by atoms with Gasteiger partial charge in [-0.1, -0.05) is 6.07 Å². The predicted octanol–water partition coefficient (Wildman–Crippen LogP) is 2.82. The molecule has 0 unspecified atom stereocenters. The van der Waals surface area contributed by atoms with E-state index in [1.54, 1.807) is 0 Å². The highest BCUT2D eigenvalue weighted by Crippen LogP contribution is 2.30. The molecule has 1 heterocycles. The maximum atomic E-state index is 12.6. The summed E-state index contributed by atoms with van der Waals surface area (Å²) in [5.74, 6) is 0. The van der Waals surface area contributed by atoms with E-state index in [2.05, 4.69) is 5.10 Å². The SMILES string of the molecule is O=S(=O)(Cl)c1ccnn1-c1cccc(C(F)(F)F)c1. The number of nitrogens with zero attached hydrogens (tertiary/aromatic N) is 2. The maximum absolute atomic E-state index is 12.6. The van der Waals surface area contributed by atoms with E-state index in [1.165, 1.54) is 6.07 Å². The number of benzene rings is 1. The first kappa shape index (κ1) is 13.9. The molecule has 0 bridgehead atoms. The Morgan fingerprint density at radius 1 is 1.21 bits per heavy atom. The summed E-state index contributed by atoms with van der Waals surface area (Å²) in [7, 11) is 1.08. The van der Waals surface area contributed by atoms with Crippen molar-refractivity contribution in [3.63, 3.8) is 0 Å². The molecule has 2 rings (SSSR count). The van der Waals surface area contributed by atoms with Crippen LogP contribution in [-0.2, 0) is 15.2 Å². The Morgan fingerprint density at radius 2 is 1.89 bits per heavy atom. The quantitative estimate of drug-likeness (QED) is 0.802. The maximum Gasteiger partial charge on any atom is 0.416 e. The van der Waals surface area contributed by atoms with Crippen LogP contribution in [0.25, 0.3) is 5.69 Å². The summed E-state index contributed by atoms with van der Waals surface area (Å²) < 4.78 is 61.0. The molecule has 1 aromatic heterocycles. The topological polar surface area (TPSA) is 52.0 Å². The van der Waals surface area contributed by atoms with Gasteiger partial charge in [-0.15, -0.1) is 0 Å². The molecule has 0 radical (unpaired) electrons. The second-order valence-corrected chi connectivity index (χ2v) is 6.08. The van der Waals surface area contributed by atoms with Crippen LogP contribution in [0.5, 0.6) is 0 Å². The summed E-state index contributed by atoms with van der Waals surface area (Å²) in [4.78, 5) is 0. The summed E-state index contributed by atoms with van der Waals surface area (Å²) >= 11 is 0. The second-order valence-electron chi connectivity index (χ2n) is 3.57. The van der Waals surface area contributed by atoms with Crippen LogP contribution in [0.1, 0.15) is 5.56 Å². The summed E-state index contributed by atoms with van der Waals surface area (Å²) in [6, 6.07) is 5.22. The van der Waals surface area contributed by atoms with Gasteiger partial charge in [0.15, 0.2) is 5.03 Å². The lowest BCUT2D eigenvalue weighted by Gasteiger charge is -2.09. The van der Waals surface area contributed by atoms with Crippen LogP contribution in [0.4, 0.5) is 13.2 Å². The zero-order chi connectivity index (χ0) is 14.3. The third-order valence-electron chi connectivity index (χ3n) is 2.28. The van der Waals surface area contributed by atoms with Gasteiger partial charge in [0.1, 0.15) is 0 Å². The second kappa shape index (κ2) is 4.53. The fraction of sp³-hybridized carbons (Fsp3) is 0.100. The van der Waals surface area contributed by atoms with Crippen molar-refractivity contribution in [1.82, 2.24) is 9.78 Å². The third kappa shape index (κ3) is 2.90. The summed E-state index contributed by atoms with van der Waals surface area (Å²) in [6.45, 7) is 0. The third-order valence-corrected chi connectivity index (χ3v) is 3.56. The first-order chi connectivity index (χ1) is 8.69. The molecule has 9 heteroatoms. The molecule has 19 heavy (non-hydrogen) atoms. The number of hydrogen-bond acceptors (Lipinski definition) is 3. The van der Waals surface area contributed by atoms with E-state index in [4.69, 9.17) is 10.7 Å². The van der Waals surface area contributed by atoms with Crippen molar-refractivity contribution in [2.45, 2.75) is 11.2 Å². The Bertz CT molecular complexity index is 710. The number of rotatable bonds is 2. The number of alkyl halides is 3. The molecule has 0 aliphatic rings. The largest absolute Gasteiger partial charge is 0.416 e. The summed E-state index contributed by atoms with van der Waals surface area (Å²) in [5, 5.41) is 3.27. The molecular formula is C10H6ClF3N2O2S. The van der Waals surface area contributed by atoms with Crippen LogP contribution in [-0.4, -0.2) is 18.2 Å². The lowest BCUT2D eigenvalue weighted by molar-refractivity contribution is -0.137. The van der Waals surface area contributed by atoms with Gasteiger partial charge in [-0.2, -0.15) is 18.3 Å². The van der Waals surface area contributed by atoms with Crippen LogP contribution in [0.15, 0.2) is 41.6 Å². The van der Waals surface area contributed by atoms with Crippen LogP contribution >= 0.6 is 10.7 Å². The van der Waals surface area contributed by atoms with Crippen molar-refractivity contribution < 1.29 is 21.6 Å². The predicted molar refractivity (Wildman–Crippen MR) is 61.6 cm³/mol. The van der Waals surface area contributed by atoms with Gasteiger partial charge in [0.25, 0.3) is 9.05 Å². The summed E-state index contributed by atoms with van der Waals surface area (Å²) in [6.07, 6.45) is -3.39. The minimum Gasteiger partial charge on any atom is -0.221 e. The van der Waals surface area contributed by atoms with Gasteiger partial charge in [-0.25, -0.2) is 13.1 Å². The van der Waals surface area contributed by atoms with E-state index in [0.717, 1.165) is 35.1 Å². The van der Waals surface area contributed by atoms with Crippen LogP contribution in [0, 0.1) is 0 Å². The number of aromatic nitrogens is 2. The molecular weight excluding hydrogens is 305 g/mol. The van der Waals surface area contributed by atoms with E-state index in [0.29, 0.717) is 0 Å². The molecule has 0 aliphatic carbocycles. The molecule has 0 saturated carbocycles. The van der Waals surface area contributed by atoms with Crippen LogP contribution in [0.3, 0.4) is 0 Å². The Hall–Kier alpha value is -1.54. The molecule has 0 aliphatic heterocycles. The Labute approximate surface area is 110 Å². The van der Waals surface area contributed by atoms with Gasteiger partial charge in [0, 0.05) is 10.7 Å². The van der Waals surface area contributed by atoms with Gasteiger partial charge < -0.3 is 0 Å². The highest BCUT2D eigenvalue weighted by atomic mass is 35.7. The fourth-order valence-electron chi connectivity index (χ4n) is 1.48. The Morgan fingerprint density at radius 3 is 2.47 bits per heavy atom. The molecule has 0 spiro atoms. The number of halogens is 4. The molecule has 1 aromatic carbocycles. The van der Waals surface area contributed by atoms with E-state index in [9.17, 15) is 21.6 Å². The van der Waals surface area contributed by atoms with E-state index in [-0.39, 0.29) is 5.69 Å².